The third-order valence-electron chi connectivity index (χ3n) is 9.08. The monoisotopic (exact) mass is 538 g/mol. The third-order valence-corrected chi connectivity index (χ3v) is 9.08. The van der Waals surface area contributed by atoms with Crippen LogP contribution in [0.4, 0.5) is 0 Å². The van der Waals surface area contributed by atoms with Crippen molar-refractivity contribution in [2.24, 2.45) is 11.8 Å². The summed E-state index contributed by atoms with van der Waals surface area (Å²) in [4.78, 5) is 7.39. The number of aromatic nitrogens is 1. The first-order chi connectivity index (χ1) is 18.7. The van der Waals surface area contributed by atoms with Crippen molar-refractivity contribution in [2.45, 2.75) is 38.3 Å². The first-order valence-electron chi connectivity index (χ1n) is 14.0. The molecule has 4 heterocycles. The Morgan fingerprint density at radius 1 is 0.923 bits per heavy atom. The highest BCUT2D eigenvalue weighted by atomic mass is 35.5. The third kappa shape index (κ3) is 4.50. The average Bonchev–Trinajstić information content (AvgIpc) is 2.99. The zero-order valence-electron chi connectivity index (χ0n) is 22.5. The fraction of sp³-hybridized carbons (Fsp3) is 0.324. The maximum Gasteiger partial charge on any atom is 0.140 e. The zero-order chi connectivity index (χ0) is 25.6. The van der Waals surface area contributed by atoms with Crippen LogP contribution in [0.25, 0.3) is 32.4 Å². The number of hydrogen-bond donors (Lipinski definition) is 0. The van der Waals surface area contributed by atoms with Gasteiger partial charge in [-0.1, -0.05) is 61.9 Å². The molecule has 0 N–H and O–H groups in total. The van der Waals surface area contributed by atoms with Crippen molar-refractivity contribution < 1.29 is 9.47 Å². The predicted octanol–water partition coefficient (Wildman–Crippen LogP) is 8.21. The Bertz CT molecular complexity index is 1640. The zero-order valence-corrected chi connectivity index (χ0v) is 23.4. The second kappa shape index (κ2) is 10.7. The minimum Gasteiger partial charge on any atom is -0.497 e. The van der Waals surface area contributed by atoms with E-state index in [0.717, 1.165) is 52.7 Å². The van der Waals surface area contributed by atoms with E-state index in [1.165, 1.54) is 41.0 Å². The van der Waals surface area contributed by atoms with Crippen LogP contribution < -0.4 is 9.47 Å². The van der Waals surface area contributed by atoms with E-state index in [9.17, 15) is 0 Å². The van der Waals surface area contributed by atoms with Gasteiger partial charge in [-0.25, -0.2) is 0 Å². The van der Waals surface area contributed by atoms with E-state index in [1.54, 1.807) is 7.11 Å². The van der Waals surface area contributed by atoms with E-state index in [2.05, 4.69) is 84.6 Å². The van der Waals surface area contributed by atoms with Crippen LogP contribution in [-0.2, 0) is 0 Å². The van der Waals surface area contributed by atoms with Crippen LogP contribution >= 0.6 is 12.4 Å². The quantitative estimate of drug-likeness (QED) is 0.204. The molecule has 2 bridgehead atoms. The van der Waals surface area contributed by atoms with Gasteiger partial charge in [-0.2, -0.15) is 0 Å². The van der Waals surface area contributed by atoms with Crippen LogP contribution in [0.15, 0.2) is 85.1 Å². The van der Waals surface area contributed by atoms with Gasteiger partial charge in [0.05, 0.1) is 18.7 Å². The molecule has 1 unspecified atom stereocenters. The first-order valence-corrected chi connectivity index (χ1v) is 14.0. The Morgan fingerprint density at radius 3 is 2.49 bits per heavy atom. The Balaban J connectivity index is 0.00000277. The summed E-state index contributed by atoms with van der Waals surface area (Å²) in [6, 6.07) is 28.2. The van der Waals surface area contributed by atoms with Crippen LogP contribution in [0.5, 0.6) is 11.5 Å². The SMILES string of the molecule is CC[C@H]1CN2CC[C@H]1C[C@H]2[C@H](Oc1cc2ccccc2c2ccccc12)c1ccnc2ccc(OC)cc12.Cl. The Kier molecular flexibility index (Phi) is 7.09. The van der Waals surface area contributed by atoms with Gasteiger partial charge >= 0.3 is 0 Å². The summed E-state index contributed by atoms with van der Waals surface area (Å²) in [6.07, 6.45) is 5.54. The molecule has 3 fully saturated rings. The molecule has 0 aliphatic carbocycles. The molecule has 4 aromatic carbocycles. The van der Waals surface area contributed by atoms with E-state index < -0.39 is 0 Å². The number of ether oxygens (including phenoxy) is 2. The number of rotatable bonds is 6. The lowest BCUT2D eigenvalue weighted by molar-refractivity contribution is -0.0480. The summed E-state index contributed by atoms with van der Waals surface area (Å²) in [6.45, 7) is 4.66. The molecule has 200 valence electrons. The molecule has 5 atom stereocenters. The summed E-state index contributed by atoms with van der Waals surface area (Å²) in [5.74, 6) is 3.35. The molecular formula is C34H35ClN2O2. The Morgan fingerprint density at radius 2 is 1.72 bits per heavy atom. The number of benzene rings is 4. The molecule has 8 rings (SSSR count). The van der Waals surface area contributed by atoms with Gasteiger partial charge in [0.25, 0.3) is 0 Å². The van der Waals surface area contributed by atoms with Crippen molar-refractivity contribution in [3.63, 3.8) is 0 Å². The van der Waals surface area contributed by atoms with Crippen molar-refractivity contribution in [2.75, 3.05) is 20.2 Å². The number of methoxy groups -OCH3 is 1. The van der Waals surface area contributed by atoms with Crippen LogP contribution in [0, 0.1) is 11.8 Å². The summed E-state index contributed by atoms with van der Waals surface area (Å²) in [7, 11) is 1.73. The van der Waals surface area contributed by atoms with Gasteiger partial charge in [0.2, 0.25) is 0 Å². The molecule has 0 spiro atoms. The molecule has 1 aromatic heterocycles. The molecule has 0 saturated carbocycles. The number of hydrogen-bond acceptors (Lipinski definition) is 4. The number of piperidine rings is 3. The smallest absolute Gasteiger partial charge is 0.140 e. The fourth-order valence-corrected chi connectivity index (χ4v) is 7.08. The Hall–Kier alpha value is -3.34. The number of halogens is 1. The van der Waals surface area contributed by atoms with Crippen molar-refractivity contribution in [3.05, 3.63) is 90.6 Å². The van der Waals surface area contributed by atoms with E-state index in [1.807, 2.05) is 12.3 Å². The van der Waals surface area contributed by atoms with Crippen molar-refractivity contribution in [3.8, 4) is 11.5 Å². The van der Waals surface area contributed by atoms with Crippen molar-refractivity contribution >= 4 is 44.9 Å². The maximum atomic E-state index is 7.25. The molecule has 0 radical (unpaired) electrons. The lowest BCUT2D eigenvalue weighted by Crippen LogP contribution is -2.56. The number of fused-ring (bicyclic) bond motifs is 7. The Labute approximate surface area is 236 Å². The normalized spacial score (nSPS) is 23.0. The molecule has 3 saturated heterocycles. The van der Waals surface area contributed by atoms with E-state index in [4.69, 9.17) is 14.5 Å². The lowest BCUT2D eigenvalue weighted by atomic mass is 9.72. The van der Waals surface area contributed by atoms with Gasteiger partial charge in [0.1, 0.15) is 17.6 Å². The van der Waals surface area contributed by atoms with Crippen LogP contribution in [0.2, 0.25) is 0 Å². The minimum atomic E-state index is -0.113. The lowest BCUT2D eigenvalue weighted by Gasteiger charge is -2.52. The van der Waals surface area contributed by atoms with Crippen molar-refractivity contribution in [1.82, 2.24) is 9.88 Å². The minimum absolute atomic E-state index is 0. The van der Waals surface area contributed by atoms with Gasteiger partial charge in [-0.05, 0) is 77.7 Å². The van der Waals surface area contributed by atoms with Crippen LogP contribution in [0.3, 0.4) is 0 Å². The van der Waals surface area contributed by atoms with E-state index in [-0.39, 0.29) is 18.5 Å². The van der Waals surface area contributed by atoms with Gasteiger partial charge in [-0.15, -0.1) is 12.4 Å². The summed E-state index contributed by atoms with van der Waals surface area (Å²) in [5.41, 5.74) is 2.17. The fourth-order valence-electron chi connectivity index (χ4n) is 7.08. The molecule has 4 nitrogen and oxygen atoms in total. The van der Waals surface area contributed by atoms with Gasteiger partial charge in [0.15, 0.2) is 0 Å². The van der Waals surface area contributed by atoms with E-state index in [0.29, 0.717) is 6.04 Å². The largest absolute Gasteiger partial charge is 0.497 e. The topological polar surface area (TPSA) is 34.6 Å². The highest BCUT2D eigenvalue weighted by Gasteiger charge is 2.44. The molecule has 39 heavy (non-hydrogen) atoms. The summed E-state index contributed by atoms with van der Waals surface area (Å²) in [5, 5.41) is 5.97. The second-order valence-corrected chi connectivity index (χ2v) is 11.0. The molecule has 5 aromatic rings. The van der Waals surface area contributed by atoms with Gasteiger partial charge in [-0.3, -0.25) is 9.88 Å². The number of nitrogens with zero attached hydrogens (tertiary/aromatic N) is 2. The van der Waals surface area contributed by atoms with Crippen LogP contribution in [-0.4, -0.2) is 36.1 Å². The molecular weight excluding hydrogens is 504 g/mol. The molecule has 3 aliphatic rings. The first kappa shape index (κ1) is 25.9. The van der Waals surface area contributed by atoms with Gasteiger partial charge in [0, 0.05) is 29.1 Å². The standard InChI is InChI=1S/C34H34N2O2.ClH/c1-3-22-21-36-17-15-23(22)18-32(36)34(29-14-16-35-31-13-12-25(37-2)20-30(29)31)38-33-19-24-8-4-5-9-26(24)27-10-6-7-11-28(27)33;/h4-14,16,19-20,22-23,32,34H,3,15,17-18,21H2,1-2H3;1H/t22-,23-,32-,34+;/m0./s1. The summed E-state index contributed by atoms with van der Waals surface area (Å²) >= 11 is 0. The summed E-state index contributed by atoms with van der Waals surface area (Å²) < 4.78 is 12.9. The molecule has 5 heteroatoms. The maximum absolute atomic E-state index is 7.25. The second-order valence-electron chi connectivity index (χ2n) is 11.0. The van der Waals surface area contributed by atoms with Crippen LogP contribution in [0.1, 0.15) is 37.9 Å². The number of pyridine rings is 1. The van der Waals surface area contributed by atoms with Crippen molar-refractivity contribution in [1.29, 1.82) is 0 Å². The molecule has 0 amide bonds. The highest BCUT2D eigenvalue weighted by Crippen LogP contribution is 2.45. The molecule has 3 aliphatic heterocycles. The predicted molar refractivity (Wildman–Crippen MR) is 162 cm³/mol. The van der Waals surface area contributed by atoms with Gasteiger partial charge < -0.3 is 9.47 Å². The average molecular weight is 539 g/mol. The highest BCUT2D eigenvalue weighted by molar-refractivity contribution is 6.10. The van der Waals surface area contributed by atoms with E-state index >= 15 is 0 Å².